The third kappa shape index (κ3) is 10.0. The van der Waals surface area contributed by atoms with E-state index in [1.54, 1.807) is 91.1 Å². The Morgan fingerprint density at radius 3 is 1.59 bits per heavy atom. The average Bonchev–Trinajstić information content (AvgIpc) is 3.86. The summed E-state index contributed by atoms with van der Waals surface area (Å²) in [6.07, 6.45) is 3.84. The number of halogens is 2. The Labute approximate surface area is 382 Å². The highest BCUT2D eigenvalue weighted by atomic mass is 35.5. The number of benzene rings is 4. The van der Waals surface area contributed by atoms with Gasteiger partial charge in [-0.3, -0.25) is 13.7 Å². The van der Waals surface area contributed by atoms with Crippen LogP contribution in [0.15, 0.2) is 113 Å². The first kappa shape index (κ1) is 46.4. The standard InChI is InChI=1S/C22H26ClN5O4S2.C21H20ClN5O2S/c1-22(2,3)15-7-10-17(11-8-15)34(31,32)25-18-12-9-16(23)14-20(18)28-19-6-5-13-27(33(4,29)30)21(19)24-26-28;1-21(2,3)14-6-9-16(10-7-14)30(28,29)25-17-11-8-15(22)13-19(17)27-18-5-4-12-23-20(18)24-26-27/h7-12,14,25H,5-6,13H2,1-4H3;4-13,25H,1-3H3. The highest BCUT2D eigenvalue weighted by Crippen LogP contribution is 2.34. The highest BCUT2D eigenvalue weighted by molar-refractivity contribution is 7.93. The van der Waals surface area contributed by atoms with Gasteiger partial charge in [0.15, 0.2) is 5.82 Å². The van der Waals surface area contributed by atoms with Gasteiger partial charge in [0, 0.05) is 22.8 Å². The molecule has 0 radical (unpaired) electrons. The smallest absolute Gasteiger partial charge is 0.261 e. The zero-order chi connectivity index (χ0) is 46.4. The number of anilines is 3. The van der Waals surface area contributed by atoms with Crippen molar-refractivity contribution in [2.24, 2.45) is 0 Å². The van der Waals surface area contributed by atoms with Crippen molar-refractivity contribution in [1.82, 2.24) is 35.0 Å². The van der Waals surface area contributed by atoms with E-state index in [9.17, 15) is 25.3 Å². The lowest BCUT2D eigenvalue weighted by Gasteiger charge is -2.25. The molecule has 16 nitrogen and oxygen atoms in total. The maximum absolute atomic E-state index is 13.2. The summed E-state index contributed by atoms with van der Waals surface area (Å²) in [5.41, 5.74) is 4.92. The molecule has 0 aliphatic carbocycles. The minimum atomic E-state index is -3.92. The van der Waals surface area contributed by atoms with Crippen LogP contribution in [-0.4, -0.2) is 73.0 Å². The first-order valence-corrected chi connectivity index (χ1v) is 25.4. The topological polar surface area (TPSA) is 204 Å². The molecule has 3 aromatic heterocycles. The van der Waals surface area contributed by atoms with Gasteiger partial charge in [-0.05, 0) is 108 Å². The maximum Gasteiger partial charge on any atom is 0.261 e. The van der Waals surface area contributed by atoms with E-state index in [1.165, 1.54) is 13.7 Å². The third-order valence-electron chi connectivity index (χ3n) is 10.3. The molecule has 0 atom stereocenters. The van der Waals surface area contributed by atoms with Crippen LogP contribution in [-0.2, 0) is 47.3 Å². The van der Waals surface area contributed by atoms with E-state index < -0.39 is 30.1 Å². The highest BCUT2D eigenvalue weighted by Gasteiger charge is 2.31. The summed E-state index contributed by atoms with van der Waals surface area (Å²) < 4.78 is 86.2. The zero-order valence-electron chi connectivity index (χ0n) is 35.9. The van der Waals surface area contributed by atoms with Crippen LogP contribution < -0.4 is 13.7 Å². The predicted octanol–water partition coefficient (Wildman–Crippen LogP) is 8.30. The third-order valence-corrected chi connectivity index (χ3v) is 14.7. The van der Waals surface area contributed by atoms with Crippen LogP contribution in [0.5, 0.6) is 0 Å². The van der Waals surface area contributed by atoms with Crippen LogP contribution in [0, 0.1) is 0 Å². The number of nitrogens with zero attached hydrogens (tertiary/aromatic N) is 8. The van der Waals surface area contributed by atoms with Gasteiger partial charge in [-0.2, -0.15) is 0 Å². The first-order chi connectivity index (χ1) is 29.9. The monoisotopic (exact) mass is 964 g/mol. The van der Waals surface area contributed by atoms with Gasteiger partial charge >= 0.3 is 0 Å². The number of hydrogen-bond donors (Lipinski definition) is 2. The summed E-state index contributed by atoms with van der Waals surface area (Å²) >= 11 is 12.4. The minimum absolute atomic E-state index is 0.0682. The summed E-state index contributed by atoms with van der Waals surface area (Å²) in [6.45, 7) is 12.7. The predicted molar refractivity (Wildman–Crippen MR) is 250 cm³/mol. The normalized spacial score (nSPS) is 13.5. The second-order valence-electron chi connectivity index (χ2n) is 17.1. The Balaban J connectivity index is 0.000000193. The van der Waals surface area contributed by atoms with E-state index in [4.69, 9.17) is 23.2 Å². The largest absolute Gasteiger partial charge is 0.277 e. The molecule has 7 aromatic rings. The number of pyridine rings is 1. The first-order valence-electron chi connectivity index (χ1n) is 19.9. The molecule has 336 valence electrons. The number of hydrogen-bond acceptors (Lipinski definition) is 11. The Morgan fingerprint density at radius 1 is 0.625 bits per heavy atom. The van der Waals surface area contributed by atoms with Crippen molar-refractivity contribution in [3.63, 3.8) is 0 Å². The molecule has 4 aromatic carbocycles. The van der Waals surface area contributed by atoms with Gasteiger partial charge in [-0.15, -0.1) is 10.2 Å². The molecule has 8 rings (SSSR count). The lowest BCUT2D eigenvalue weighted by atomic mass is 9.87. The maximum atomic E-state index is 13.2. The van der Waals surface area contributed by atoms with E-state index >= 15 is 0 Å². The van der Waals surface area contributed by atoms with Gasteiger partial charge in [0.25, 0.3) is 20.0 Å². The Bertz CT molecular complexity index is 3200. The lowest BCUT2D eigenvalue weighted by molar-refractivity contribution is 0.587. The van der Waals surface area contributed by atoms with Crippen molar-refractivity contribution in [1.29, 1.82) is 0 Å². The van der Waals surface area contributed by atoms with Gasteiger partial charge in [-0.25, -0.2) is 39.6 Å². The van der Waals surface area contributed by atoms with Gasteiger partial charge in [0.2, 0.25) is 15.7 Å². The molecule has 0 saturated heterocycles. The Morgan fingerprint density at radius 2 is 1.11 bits per heavy atom. The molecule has 0 bridgehead atoms. The molecular weight excluding hydrogens is 920 g/mol. The number of sulfonamides is 3. The molecule has 0 fully saturated rings. The summed E-state index contributed by atoms with van der Waals surface area (Å²) in [5, 5.41) is 17.2. The second kappa shape index (κ2) is 17.4. The number of rotatable bonds is 9. The van der Waals surface area contributed by atoms with Crippen LogP contribution in [0.2, 0.25) is 10.0 Å². The van der Waals surface area contributed by atoms with Crippen LogP contribution in [0.1, 0.15) is 64.8 Å². The van der Waals surface area contributed by atoms with E-state index in [1.807, 2.05) is 12.1 Å². The molecule has 1 aliphatic heterocycles. The quantitative estimate of drug-likeness (QED) is 0.141. The molecule has 2 N–H and O–H groups in total. The summed E-state index contributed by atoms with van der Waals surface area (Å²) in [6, 6.07) is 26.7. The molecule has 0 unspecified atom stereocenters. The molecule has 0 spiro atoms. The molecular formula is C43H46Cl2N10O6S3. The van der Waals surface area contributed by atoms with Crippen LogP contribution >= 0.6 is 23.2 Å². The summed E-state index contributed by atoms with van der Waals surface area (Å²) in [7, 11) is -11.3. The van der Waals surface area contributed by atoms with Crippen molar-refractivity contribution in [2.45, 2.75) is 75.0 Å². The van der Waals surface area contributed by atoms with Crippen molar-refractivity contribution >= 4 is 81.6 Å². The average molecular weight is 966 g/mol. The van der Waals surface area contributed by atoms with Gasteiger partial charge < -0.3 is 0 Å². The van der Waals surface area contributed by atoms with E-state index in [0.29, 0.717) is 63.4 Å². The van der Waals surface area contributed by atoms with Crippen LogP contribution in [0.3, 0.4) is 0 Å². The fourth-order valence-corrected chi connectivity index (χ4v) is 10.3. The van der Waals surface area contributed by atoms with E-state index in [-0.39, 0.29) is 32.1 Å². The van der Waals surface area contributed by atoms with Crippen molar-refractivity contribution in [2.75, 3.05) is 26.5 Å². The van der Waals surface area contributed by atoms with Crippen molar-refractivity contribution in [3.8, 4) is 11.4 Å². The van der Waals surface area contributed by atoms with Crippen molar-refractivity contribution in [3.05, 3.63) is 130 Å². The summed E-state index contributed by atoms with van der Waals surface area (Å²) in [5.74, 6) is 0.236. The molecule has 0 saturated carbocycles. The molecule has 4 heterocycles. The minimum Gasteiger partial charge on any atom is -0.277 e. The van der Waals surface area contributed by atoms with Gasteiger partial charge in [0.05, 0.1) is 44.5 Å². The number of aromatic nitrogens is 7. The van der Waals surface area contributed by atoms with E-state index in [0.717, 1.165) is 17.4 Å². The Kier molecular flexibility index (Phi) is 12.6. The Hall–Kier alpha value is -5.60. The van der Waals surface area contributed by atoms with Gasteiger partial charge in [-0.1, -0.05) is 99.4 Å². The zero-order valence-corrected chi connectivity index (χ0v) is 39.9. The molecule has 0 amide bonds. The molecule has 21 heteroatoms. The fourth-order valence-electron chi connectivity index (χ4n) is 6.87. The van der Waals surface area contributed by atoms with Gasteiger partial charge in [0.1, 0.15) is 5.52 Å². The van der Waals surface area contributed by atoms with Crippen molar-refractivity contribution < 1.29 is 25.3 Å². The van der Waals surface area contributed by atoms with Crippen LogP contribution in [0.4, 0.5) is 17.2 Å². The number of nitrogens with one attached hydrogen (secondary N) is 2. The number of fused-ring (bicyclic) bond motifs is 2. The van der Waals surface area contributed by atoms with E-state index in [2.05, 4.69) is 76.6 Å². The SMILES string of the molecule is CC(C)(C)c1ccc(S(=O)(=O)Nc2ccc(Cl)cc2-n2nnc3c2CCCN3S(C)(=O)=O)cc1.CC(C)(C)c1ccc(S(=O)(=O)Nc2ccc(Cl)cc2-n2nnc3ncccc32)cc1. The second-order valence-corrected chi connectivity index (χ2v) is 23.3. The molecule has 64 heavy (non-hydrogen) atoms. The van der Waals surface area contributed by atoms with Crippen LogP contribution in [0.25, 0.3) is 22.5 Å². The summed E-state index contributed by atoms with van der Waals surface area (Å²) in [4.78, 5) is 4.45. The lowest BCUT2D eigenvalue weighted by Crippen LogP contribution is -2.35. The molecule has 1 aliphatic rings. The fraction of sp³-hybridized carbons (Fsp3) is 0.279.